The van der Waals surface area contributed by atoms with Crippen molar-refractivity contribution in [2.45, 2.75) is 13.3 Å². The van der Waals surface area contributed by atoms with Gasteiger partial charge >= 0.3 is 5.97 Å². The molecule has 2 aromatic rings. The van der Waals surface area contributed by atoms with Gasteiger partial charge in [-0.15, -0.1) is 0 Å². The number of pyridine rings is 1. The van der Waals surface area contributed by atoms with Crippen molar-refractivity contribution in [3.8, 4) is 0 Å². The van der Waals surface area contributed by atoms with Crippen LogP contribution < -0.4 is 0 Å². The lowest BCUT2D eigenvalue weighted by molar-refractivity contribution is -0.132. The maximum Gasteiger partial charge on any atom is 0.331 e. The van der Waals surface area contributed by atoms with Crippen molar-refractivity contribution in [2.75, 3.05) is 0 Å². The molecular weight excluding hydrogens is 214 g/mol. The number of carboxylic acid groups (broad SMARTS) is 1. The summed E-state index contributed by atoms with van der Waals surface area (Å²) in [5, 5.41) is 10.0. The molecule has 0 fully saturated rings. The van der Waals surface area contributed by atoms with Gasteiger partial charge in [0.05, 0.1) is 5.52 Å². The van der Waals surface area contributed by atoms with E-state index < -0.39 is 5.97 Å². The standard InChI is InChI=1S/C14H13NO2/c1-2-11(14(16)17)8-10-5-6-12-4-3-7-15-13(12)9-10/h3-9H,2H2,1H3,(H,16,17). The quantitative estimate of drug-likeness (QED) is 0.819. The van der Waals surface area contributed by atoms with Crippen LogP contribution in [0.15, 0.2) is 42.1 Å². The van der Waals surface area contributed by atoms with Gasteiger partial charge in [0.2, 0.25) is 0 Å². The molecule has 1 aromatic carbocycles. The summed E-state index contributed by atoms with van der Waals surface area (Å²) in [4.78, 5) is 15.2. The molecule has 3 heteroatoms. The molecule has 0 saturated heterocycles. The third-order valence-corrected chi connectivity index (χ3v) is 2.63. The van der Waals surface area contributed by atoms with Gasteiger partial charge in [0.1, 0.15) is 0 Å². The van der Waals surface area contributed by atoms with Crippen LogP contribution in [0.1, 0.15) is 18.9 Å². The van der Waals surface area contributed by atoms with E-state index in [9.17, 15) is 4.79 Å². The summed E-state index contributed by atoms with van der Waals surface area (Å²) in [5.74, 6) is -0.867. The number of hydrogen-bond donors (Lipinski definition) is 1. The van der Waals surface area contributed by atoms with E-state index in [-0.39, 0.29) is 0 Å². The Labute approximate surface area is 99.4 Å². The molecule has 0 aliphatic rings. The Bertz CT molecular complexity index is 588. The van der Waals surface area contributed by atoms with Crippen LogP contribution in [0.4, 0.5) is 0 Å². The van der Waals surface area contributed by atoms with Gasteiger partial charge in [0, 0.05) is 17.2 Å². The van der Waals surface area contributed by atoms with E-state index in [4.69, 9.17) is 5.11 Å². The summed E-state index contributed by atoms with van der Waals surface area (Å²) in [7, 11) is 0. The first kappa shape index (κ1) is 11.3. The molecule has 1 N–H and O–H groups in total. The molecule has 0 bridgehead atoms. The van der Waals surface area contributed by atoms with Crippen LogP contribution in [0.3, 0.4) is 0 Å². The summed E-state index contributed by atoms with van der Waals surface area (Å²) >= 11 is 0. The van der Waals surface area contributed by atoms with Crippen LogP contribution in [0.5, 0.6) is 0 Å². The van der Waals surface area contributed by atoms with Gasteiger partial charge in [-0.3, -0.25) is 4.98 Å². The predicted molar refractivity (Wildman–Crippen MR) is 67.6 cm³/mol. The Morgan fingerprint density at radius 2 is 2.24 bits per heavy atom. The van der Waals surface area contributed by atoms with Crippen LogP contribution >= 0.6 is 0 Å². The van der Waals surface area contributed by atoms with Gasteiger partial charge in [-0.05, 0) is 30.2 Å². The fraction of sp³-hybridized carbons (Fsp3) is 0.143. The SMILES string of the molecule is CCC(=Cc1ccc2cccnc2c1)C(=O)O. The van der Waals surface area contributed by atoms with Crippen molar-refractivity contribution in [3.05, 3.63) is 47.7 Å². The largest absolute Gasteiger partial charge is 0.478 e. The molecule has 0 atom stereocenters. The Balaban J connectivity index is 2.46. The van der Waals surface area contributed by atoms with Crippen LogP contribution in [0, 0.1) is 0 Å². The smallest absolute Gasteiger partial charge is 0.331 e. The number of carboxylic acids is 1. The van der Waals surface area contributed by atoms with Crippen molar-refractivity contribution in [2.24, 2.45) is 0 Å². The predicted octanol–water partition coefficient (Wildman–Crippen LogP) is 3.11. The molecule has 0 amide bonds. The van der Waals surface area contributed by atoms with Gasteiger partial charge in [-0.1, -0.05) is 25.1 Å². The molecule has 17 heavy (non-hydrogen) atoms. The van der Waals surface area contributed by atoms with Crippen LogP contribution in [-0.2, 0) is 4.79 Å². The number of nitrogens with zero attached hydrogens (tertiary/aromatic N) is 1. The van der Waals surface area contributed by atoms with E-state index in [0.29, 0.717) is 12.0 Å². The monoisotopic (exact) mass is 227 g/mol. The van der Waals surface area contributed by atoms with E-state index in [2.05, 4.69) is 4.98 Å². The minimum atomic E-state index is -0.867. The molecule has 2 rings (SSSR count). The highest BCUT2D eigenvalue weighted by molar-refractivity contribution is 5.93. The number of hydrogen-bond acceptors (Lipinski definition) is 2. The fourth-order valence-corrected chi connectivity index (χ4v) is 1.69. The van der Waals surface area contributed by atoms with Crippen molar-refractivity contribution < 1.29 is 9.90 Å². The third kappa shape index (κ3) is 2.50. The number of carbonyl (C=O) groups is 1. The van der Waals surface area contributed by atoms with Crippen molar-refractivity contribution in [3.63, 3.8) is 0 Å². The first-order valence-electron chi connectivity index (χ1n) is 5.49. The minimum Gasteiger partial charge on any atom is -0.478 e. The first-order chi connectivity index (χ1) is 8.20. The molecule has 86 valence electrons. The normalized spacial score (nSPS) is 11.7. The number of benzene rings is 1. The van der Waals surface area contributed by atoms with Gasteiger partial charge in [0.15, 0.2) is 0 Å². The Morgan fingerprint density at radius 3 is 2.94 bits per heavy atom. The Kier molecular flexibility index (Phi) is 3.19. The van der Waals surface area contributed by atoms with Crippen molar-refractivity contribution in [1.82, 2.24) is 4.98 Å². The zero-order valence-corrected chi connectivity index (χ0v) is 9.55. The first-order valence-corrected chi connectivity index (χ1v) is 5.49. The molecule has 3 nitrogen and oxygen atoms in total. The minimum absolute atomic E-state index is 0.403. The lowest BCUT2D eigenvalue weighted by Crippen LogP contribution is -1.98. The second-order valence-electron chi connectivity index (χ2n) is 3.78. The average Bonchev–Trinajstić information content (AvgIpc) is 2.35. The second-order valence-corrected chi connectivity index (χ2v) is 3.78. The Morgan fingerprint density at radius 1 is 1.41 bits per heavy atom. The Hall–Kier alpha value is -2.16. The zero-order chi connectivity index (χ0) is 12.3. The summed E-state index contributed by atoms with van der Waals surface area (Å²) in [5.41, 5.74) is 2.15. The molecule has 1 heterocycles. The molecule has 0 radical (unpaired) electrons. The molecule has 0 saturated carbocycles. The van der Waals surface area contributed by atoms with E-state index in [1.807, 2.05) is 37.3 Å². The zero-order valence-electron chi connectivity index (χ0n) is 9.55. The van der Waals surface area contributed by atoms with E-state index in [0.717, 1.165) is 16.5 Å². The summed E-state index contributed by atoms with van der Waals surface area (Å²) in [6.45, 7) is 1.83. The average molecular weight is 227 g/mol. The van der Waals surface area contributed by atoms with Crippen LogP contribution in [0.25, 0.3) is 17.0 Å². The van der Waals surface area contributed by atoms with Gasteiger partial charge < -0.3 is 5.11 Å². The van der Waals surface area contributed by atoms with Crippen LogP contribution in [0.2, 0.25) is 0 Å². The highest BCUT2D eigenvalue weighted by Gasteiger charge is 2.04. The summed E-state index contributed by atoms with van der Waals surface area (Å²) < 4.78 is 0. The number of aromatic nitrogens is 1. The van der Waals surface area contributed by atoms with Crippen molar-refractivity contribution >= 4 is 22.9 Å². The number of rotatable bonds is 3. The number of aliphatic carboxylic acids is 1. The highest BCUT2D eigenvalue weighted by atomic mass is 16.4. The van der Waals surface area contributed by atoms with E-state index in [1.165, 1.54) is 0 Å². The maximum absolute atomic E-state index is 10.9. The molecule has 1 aromatic heterocycles. The maximum atomic E-state index is 10.9. The molecule has 0 aliphatic carbocycles. The summed E-state index contributed by atoms with van der Waals surface area (Å²) in [6, 6.07) is 9.61. The van der Waals surface area contributed by atoms with E-state index in [1.54, 1.807) is 12.3 Å². The lowest BCUT2D eigenvalue weighted by atomic mass is 10.1. The molecule has 0 spiro atoms. The summed E-state index contributed by atoms with van der Waals surface area (Å²) in [6.07, 6.45) is 3.93. The number of fused-ring (bicyclic) bond motifs is 1. The van der Waals surface area contributed by atoms with E-state index >= 15 is 0 Å². The lowest BCUT2D eigenvalue weighted by Gasteiger charge is -2.01. The topological polar surface area (TPSA) is 50.2 Å². The second kappa shape index (κ2) is 4.78. The van der Waals surface area contributed by atoms with Crippen molar-refractivity contribution in [1.29, 1.82) is 0 Å². The molecule has 0 aliphatic heterocycles. The molecular formula is C14H13NO2. The van der Waals surface area contributed by atoms with Crippen LogP contribution in [-0.4, -0.2) is 16.1 Å². The van der Waals surface area contributed by atoms with Gasteiger partial charge in [0.25, 0.3) is 0 Å². The van der Waals surface area contributed by atoms with Gasteiger partial charge in [-0.25, -0.2) is 4.79 Å². The highest BCUT2D eigenvalue weighted by Crippen LogP contribution is 2.16. The van der Waals surface area contributed by atoms with Gasteiger partial charge in [-0.2, -0.15) is 0 Å². The third-order valence-electron chi connectivity index (χ3n) is 2.63. The molecule has 0 unspecified atom stereocenters. The fourth-order valence-electron chi connectivity index (χ4n) is 1.69.